The third-order valence-electron chi connectivity index (χ3n) is 3.44. The summed E-state index contributed by atoms with van der Waals surface area (Å²) in [5.74, 6) is -0.199. The number of esters is 1. The van der Waals surface area contributed by atoms with Crippen LogP contribution in [0.4, 0.5) is 0 Å². The topological polar surface area (TPSA) is 50.1 Å². The van der Waals surface area contributed by atoms with E-state index in [9.17, 15) is 4.79 Å². The van der Waals surface area contributed by atoms with Gasteiger partial charge in [-0.25, -0.2) is 4.79 Å². The standard InChI is InChI=1S/C8H6O2.C7H5N.C7H8/c9-8-7-4-2-1-3-6(7)5-10-8;8-6-7-4-2-1-3-5-7;1-7-5-3-2-4-6-7/h1-4H,5H2;1-5H;2-6H,1H3. The van der Waals surface area contributed by atoms with Gasteiger partial charge in [0.05, 0.1) is 17.2 Å². The largest absolute Gasteiger partial charge is 0.457 e. The minimum atomic E-state index is -0.199. The van der Waals surface area contributed by atoms with Crippen molar-refractivity contribution in [2.75, 3.05) is 0 Å². The van der Waals surface area contributed by atoms with Crippen molar-refractivity contribution in [2.45, 2.75) is 13.5 Å². The second-order valence-corrected chi connectivity index (χ2v) is 5.37. The normalized spacial score (nSPS) is 10.8. The Hall–Kier alpha value is -3.38. The second-order valence-electron chi connectivity index (χ2n) is 5.37. The summed E-state index contributed by atoms with van der Waals surface area (Å²) in [6, 6.07) is 28.9. The highest BCUT2D eigenvalue weighted by atomic mass is 16.5. The minimum absolute atomic E-state index is 0.199. The molecule has 0 bridgehead atoms. The lowest BCUT2D eigenvalue weighted by atomic mass is 10.1. The number of rotatable bonds is 0. The average molecular weight is 329 g/mol. The number of hydrogen-bond acceptors (Lipinski definition) is 3. The molecule has 1 aliphatic rings. The van der Waals surface area contributed by atoms with Gasteiger partial charge in [0.15, 0.2) is 0 Å². The predicted molar refractivity (Wildman–Crippen MR) is 97.9 cm³/mol. The summed E-state index contributed by atoms with van der Waals surface area (Å²) in [4.78, 5) is 10.8. The van der Waals surface area contributed by atoms with Crippen LogP contribution >= 0.6 is 0 Å². The number of aryl methyl sites for hydroxylation is 1. The second kappa shape index (κ2) is 9.69. The van der Waals surface area contributed by atoms with Gasteiger partial charge < -0.3 is 4.74 Å². The first-order chi connectivity index (χ1) is 12.2. The Morgan fingerprint density at radius 3 is 1.88 bits per heavy atom. The van der Waals surface area contributed by atoms with Crippen LogP contribution in [-0.2, 0) is 11.3 Å². The molecule has 3 nitrogen and oxygen atoms in total. The SMILES string of the molecule is Cc1ccccc1.N#Cc1ccccc1.O=C1OCc2ccccc21. The van der Waals surface area contributed by atoms with E-state index >= 15 is 0 Å². The van der Waals surface area contributed by atoms with Crippen molar-refractivity contribution >= 4 is 5.97 Å². The van der Waals surface area contributed by atoms with Gasteiger partial charge in [0.2, 0.25) is 0 Å². The minimum Gasteiger partial charge on any atom is -0.457 e. The number of fused-ring (bicyclic) bond motifs is 1. The molecule has 0 fully saturated rings. The summed E-state index contributed by atoms with van der Waals surface area (Å²) in [5.41, 5.74) is 3.74. The van der Waals surface area contributed by atoms with Crippen molar-refractivity contribution in [3.8, 4) is 6.07 Å². The Balaban J connectivity index is 0.000000138. The lowest BCUT2D eigenvalue weighted by molar-refractivity contribution is 0.0535. The molecule has 3 aromatic carbocycles. The maximum atomic E-state index is 10.8. The molecule has 1 aliphatic heterocycles. The van der Waals surface area contributed by atoms with E-state index in [1.54, 1.807) is 18.2 Å². The summed E-state index contributed by atoms with van der Waals surface area (Å²) in [7, 11) is 0. The number of benzene rings is 3. The third kappa shape index (κ3) is 5.96. The van der Waals surface area contributed by atoms with Gasteiger partial charge in [0, 0.05) is 5.56 Å². The number of cyclic esters (lactones) is 1. The number of hydrogen-bond donors (Lipinski definition) is 0. The van der Waals surface area contributed by atoms with E-state index in [-0.39, 0.29) is 5.97 Å². The van der Waals surface area contributed by atoms with Gasteiger partial charge in [-0.3, -0.25) is 0 Å². The van der Waals surface area contributed by atoms with Crippen molar-refractivity contribution in [2.24, 2.45) is 0 Å². The molecule has 1 heterocycles. The van der Waals surface area contributed by atoms with E-state index in [0.717, 1.165) is 5.56 Å². The number of carbonyl (C=O) groups is 1. The zero-order valence-electron chi connectivity index (χ0n) is 14.1. The van der Waals surface area contributed by atoms with Crippen LogP contribution in [-0.4, -0.2) is 5.97 Å². The van der Waals surface area contributed by atoms with E-state index in [4.69, 9.17) is 10.00 Å². The van der Waals surface area contributed by atoms with Crippen LogP contribution in [0.3, 0.4) is 0 Å². The predicted octanol–water partition coefficient (Wildman–Crippen LogP) is 4.91. The fraction of sp³-hybridized carbons (Fsp3) is 0.0909. The molecule has 0 saturated carbocycles. The molecule has 25 heavy (non-hydrogen) atoms. The van der Waals surface area contributed by atoms with Gasteiger partial charge in [0.1, 0.15) is 6.61 Å². The first kappa shape index (κ1) is 18.0. The molecule has 0 unspecified atom stereocenters. The van der Waals surface area contributed by atoms with E-state index in [1.165, 1.54) is 5.56 Å². The molecular weight excluding hydrogens is 310 g/mol. The smallest absolute Gasteiger partial charge is 0.338 e. The highest BCUT2D eigenvalue weighted by Gasteiger charge is 2.18. The maximum absolute atomic E-state index is 10.8. The molecule has 0 amide bonds. The first-order valence-corrected chi connectivity index (χ1v) is 7.92. The molecule has 3 heteroatoms. The molecule has 0 saturated heterocycles. The Morgan fingerprint density at radius 1 is 0.840 bits per heavy atom. The van der Waals surface area contributed by atoms with E-state index in [1.807, 2.05) is 60.7 Å². The van der Waals surface area contributed by atoms with Gasteiger partial charge >= 0.3 is 5.97 Å². The quantitative estimate of drug-likeness (QED) is 0.551. The lowest BCUT2D eigenvalue weighted by Crippen LogP contribution is -1.91. The summed E-state index contributed by atoms with van der Waals surface area (Å²) in [6.07, 6.45) is 0. The van der Waals surface area contributed by atoms with Crippen molar-refractivity contribution in [1.29, 1.82) is 5.26 Å². The van der Waals surface area contributed by atoms with Crippen LogP contribution in [0.25, 0.3) is 0 Å². The number of nitrogens with zero attached hydrogens (tertiary/aromatic N) is 1. The van der Waals surface area contributed by atoms with Crippen LogP contribution < -0.4 is 0 Å². The van der Waals surface area contributed by atoms with E-state index in [2.05, 4.69) is 19.1 Å². The Bertz CT molecular complexity index is 837. The molecule has 124 valence electrons. The molecular formula is C22H19NO2. The molecule has 0 aromatic heterocycles. The summed E-state index contributed by atoms with van der Waals surface area (Å²) < 4.78 is 4.78. The lowest BCUT2D eigenvalue weighted by Gasteiger charge is -1.87. The van der Waals surface area contributed by atoms with Gasteiger partial charge in [-0.2, -0.15) is 5.26 Å². The van der Waals surface area contributed by atoms with Crippen LogP contribution in [0.2, 0.25) is 0 Å². The zero-order valence-corrected chi connectivity index (χ0v) is 14.1. The fourth-order valence-corrected chi connectivity index (χ4v) is 2.11. The number of carbonyl (C=O) groups excluding carboxylic acids is 1. The van der Waals surface area contributed by atoms with Crippen LogP contribution in [0.15, 0.2) is 84.9 Å². The number of nitriles is 1. The molecule has 0 radical (unpaired) electrons. The van der Waals surface area contributed by atoms with Crippen molar-refractivity contribution in [1.82, 2.24) is 0 Å². The molecule has 0 aliphatic carbocycles. The molecule has 4 rings (SSSR count). The average Bonchev–Trinajstić information content (AvgIpc) is 3.06. The van der Waals surface area contributed by atoms with Gasteiger partial charge in [0.25, 0.3) is 0 Å². The van der Waals surface area contributed by atoms with Crippen LogP contribution in [0.5, 0.6) is 0 Å². The van der Waals surface area contributed by atoms with Gasteiger partial charge in [-0.05, 0) is 25.1 Å². The molecule has 3 aromatic rings. The summed E-state index contributed by atoms with van der Waals surface area (Å²) >= 11 is 0. The van der Waals surface area contributed by atoms with Gasteiger partial charge in [-0.15, -0.1) is 0 Å². The zero-order chi connectivity index (χ0) is 17.9. The monoisotopic (exact) mass is 329 g/mol. The van der Waals surface area contributed by atoms with Gasteiger partial charge in [-0.1, -0.05) is 72.3 Å². The summed E-state index contributed by atoms with van der Waals surface area (Å²) in [6.45, 7) is 2.52. The summed E-state index contributed by atoms with van der Waals surface area (Å²) in [5, 5.41) is 8.29. The third-order valence-corrected chi connectivity index (χ3v) is 3.44. The van der Waals surface area contributed by atoms with Crippen LogP contribution in [0.1, 0.15) is 27.0 Å². The Kier molecular flexibility index (Phi) is 6.96. The van der Waals surface area contributed by atoms with E-state index in [0.29, 0.717) is 17.7 Å². The first-order valence-electron chi connectivity index (χ1n) is 7.92. The maximum Gasteiger partial charge on any atom is 0.338 e. The van der Waals surface area contributed by atoms with Crippen molar-refractivity contribution < 1.29 is 9.53 Å². The Morgan fingerprint density at radius 2 is 1.40 bits per heavy atom. The fourth-order valence-electron chi connectivity index (χ4n) is 2.11. The van der Waals surface area contributed by atoms with E-state index < -0.39 is 0 Å². The van der Waals surface area contributed by atoms with Crippen molar-refractivity contribution in [3.05, 3.63) is 107 Å². The van der Waals surface area contributed by atoms with Crippen molar-refractivity contribution in [3.63, 3.8) is 0 Å². The molecule has 0 atom stereocenters. The molecule has 0 N–H and O–H groups in total. The number of ether oxygens (including phenoxy) is 1. The highest BCUT2D eigenvalue weighted by Crippen LogP contribution is 2.18. The Labute approximate surface area is 148 Å². The molecule has 0 spiro atoms. The highest BCUT2D eigenvalue weighted by molar-refractivity contribution is 5.93. The van der Waals surface area contributed by atoms with Crippen LogP contribution in [0, 0.1) is 18.3 Å².